The van der Waals surface area contributed by atoms with Crippen LogP contribution in [-0.2, 0) is 11.2 Å². The second-order valence-electron chi connectivity index (χ2n) is 5.52. The summed E-state index contributed by atoms with van der Waals surface area (Å²) < 4.78 is 5.47. The third-order valence-corrected chi connectivity index (χ3v) is 3.67. The van der Waals surface area contributed by atoms with E-state index in [9.17, 15) is 9.59 Å². The zero-order valence-electron chi connectivity index (χ0n) is 13.4. The van der Waals surface area contributed by atoms with Gasteiger partial charge in [-0.25, -0.2) is 0 Å². The van der Waals surface area contributed by atoms with E-state index in [-0.39, 0.29) is 18.8 Å². The molecule has 0 aliphatic carbocycles. The van der Waals surface area contributed by atoms with Gasteiger partial charge in [-0.05, 0) is 24.1 Å². The van der Waals surface area contributed by atoms with Crippen LogP contribution in [0.15, 0.2) is 54.6 Å². The van der Waals surface area contributed by atoms with E-state index in [1.807, 2.05) is 54.6 Å². The monoisotopic (exact) mass is 327 g/mol. The Labute approximate surface area is 141 Å². The Balaban J connectivity index is 1.78. The van der Waals surface area contributed by atoms with Crippen molar-refractivity contribution in [3.05, 3.63) is 65.7 Å². The van der Waals surface area contributed by atoms with Crippen molar-refractivity contribution < 1.29 is 19.4 Å². The molecule has 0 radical (unpaired) electrons. The summed E-state index contributed by atoms with van der Waals surface area (Å²) in [5.74, 6) is -0.249. The molecule has 3 N–H and O–H groups in total. The lowest BCUT2D eigenvalue weighted by Gasteiger charge is -2.09. The Morgan fingerprint density at radius 1 is 1.04 bits per heavy atom. The Hall–Kier alpha value is -2.66. The number of aryl methyl sites for hydroxylation is 1. The van der Waals surface area contributed by atoms with Gasteiger partial charge in [0.1, 0.15) is 11.8 Å². The van der Waals surface area contributed by atoms with Gasteiger partial charge >= 0.3 is 5.97 Å². The number of ether oxygens (including phenoxy) is 1. The van der Waals surface area contributed by atoms with Gasteiger partial charge in [0.15, 0.2) is 5.78 Å². The Bertz CT molecular complexity index is 668. The highest BCUT2D eigenvalue weighted by molar-refractivity contribution is 5.96. The van der Waals surface area contributed by atoms with Crippen LogP contribution in [-0.4, -0.2) is 29.5 Å². The van der Waals surface area contributed by atoms with E-state index >= 15 is 0 Å². The highest BCUT2D eigenvalue weighted by Gasteiger charge is 2.11. The molecule has 0 amide bonds. The van der Waals surface area contributed by atoms with Crippen LogP contribution in [0.5, 0.6) is 5.75 Å². The molecule has 0 aromatic heterocycles. The van der Waals surface area contributed by atoms with Crippen LogP contribution in [0.3, 0.4) is 0 Å². The molecule has 0 spiro atoms. The summed E-state index contributed by atoms with van der Waals surface area (Å²) in [6.45, 7) is 0.249. The van der Waals surface area contributed by atoms with Gasteiger partial charge in [-0.2, -0.15) is 0 Å². The highest BCUT2D eigenvalue weighted by atomic mass is 16.5. The molecule has 0 saturated carbocycles. The second-order valence-corrected chi connectivity index (χ2v) is 5.52. The maximum atomic E-state index is 12.1. The molecule has 0 aliphatic rings. The fourth-order valence-electron chi connectivity index (χ4n) is 2.21. The third kappa shape index (κ3) is 5.52. The maximum Gasteiger partial charge on any atom is 0.320 e. The number of benzene rings is 2. The van der Waals surface area contributed by atoms with Crippen molar-refractivity contribution in [3.8, 4) is 5.75 Å². The molecule has 1 atom stereocenters. The number of nitrogens with two attached hydrogens (primary N) is 1. The first kappa shape index (κ1) is 17.7. The van der Waals surface area contributed by atoms with E-state index < -0.39 is 12.0 Å². The lowest BCUT2D eigenvalue weighted by molar-refractivity contribution is -0.138. The van der Waals surface area contributed by atoms with Gasteiger partial charge in [0.2, 0.25) is 0 Å². The molecule has 0 bridgehead atoms. The zero-order valence-corrected chi connectivity index (χ0v) is 13.4. The number of ketones is 1. The van der Waals surface area contributed by atoms with Crippen LogP contribution >= 0.6 is 0 Å². The highest BCUT2D eigenvalue weighted by Crippen LogP contribution is 2.15. The number of carbonyl (C=O) groups is 2. The number of Topliss-reactive ketones (excluding diaryl/α,β-unsaturated/α-hetero) is 1. The van der Waals surface area contributed by atoms with Crippen molar-refractivity contribution in [2.45, 2.75) is 25.3 Å². The van der Waals surface area contributed by atoms with Gasteiger partial charge in [-0.15, -0.1) is 0 Å². The van der Waals surface area contributed by atoms with Gasteiger partial charge in [0.05, 0.1) is 6.61 Å². The predicted molar refractivity (Wildman–Crippen MR) is 91.3 cm³/mol. The van der Waals surface area contributed by atoms with Gasteiger partial charge < -0.3 is 15.6 Å². The van der Waals surface area contributed by atoms with Crippen molar-refractivity contribution in [1.29, 1.82) is 0 Å². The van der Waals surface area contributed by atoms with E-state index in [0.29, 0.717) is 18.6 Å². The SMILES string of the molecule is NC(CCOc1ccc(CCC(=O)c2ccccc2)cc1)C(=O)O. The summed E-state index contributed by atoms with van der Waals surface area (Å²) in [5, 5.41) is 8.69. The summed E-state index contributed by atoms with van der Waals surface area (Å²) in [7, 11) is 0. The van der Waals surface area contributed by atoms with Crippen LogP contribution < -0.4 is 10.5 Å². The average Bonchev–Trinajstić information content (AvgIpc) is 2.61. The number of aliphatic carboxylic acids is 1. The first-order valence-corrected chi connectivity index (χ1v) is 7.84. The van der Waals surface area contributed by atoms with Crippen LogP contribution in [0, 0.1) is 0 Å². The molecule has 0 heterocycles. The molecular weight excluding hydrogens is 306 g/mol. The minimum atomic E-state index is -1.03. The Morgan fingerprint density at radius 2 is 1.71 bits per heavy atom. The molecule has 0 fully saturated rings. The molecule has 1 unspecified atom stereocenters. The van der Waals surface area contributed by atoms with Crippen LogP contribution in [0.2, 0.25) is 0 Å². The van der Waals surface area contributed by atoms with Gasteiger partial charge in [0.25, 0.3) is 0 Å². The molecule has 0 aliphatic heterocycles. The molecule has 5 nitrogen and oxygen atoms in total. The van der Waals surface area contributed by atoms with E-state index in [4.69, 9.17) is 15.6 Å². The molecule has 2 rings (SSSR count). The van der Waals surface area contributed by atoms with E-state index in [0.717, 1.165) is 11.1 Å². The molecule has 2 aromatic rings. The molecule has 126 valence electrons. The van der Waals surface area contributed by atoms with Gasteiger partial charge in [-0.1, -0.05) is 42.5 Å². The number of carboxylic acids is 1. The second kappa shape index (κ2) is 8.84. The van der Waals surface area contributed by atoms with Crippen LogP contribution in [0.4, 0.5) is 0 Å². The summed E-state index contributed by atoms with van der Waals surface area (Å²) in [6, 6.07) is 15.8. The number of rotatable bonds is 9. The van der Waals surface area contributed by atoms with E-state index in [1.165, 1.54) is 0 Å². The molecule has 24 heavy (non-hydrogen) atoms. The lowest BCUT2D eigenvalue weighted by Crippen LogP contribution is -2.31. The molecule has 2 aromatic carbocycles. The first-order valence-electron chi connectivity index (χ1n) is 7.84. The van der Waals surface area contributed by atoms with Gasteiger partial charge in [0, 0.05) is 18.4 Å². The topological polar surface area (TPSA) is 89.6 Å². The maximum absolute atomic E-state index is 12.1. The van der Waals surface area contributed by atoms with Crippen molar-refractivity contribution in [2.75, 3.05) is 6.61 Å². The molecular formula is C19H21NO4. The Kier molecular flexibility index (Phi) is 6.51. The largest absolute Gasteiger partial charge is 0.494 e. The summed E-state index contributed by atoms with van der Waals surface area (Å²) in [5.41, 5.74) is 7.19. The van der Waals surface area contributed by atoms with E-state index in [2.05, 4.69) is 0 Å². The smallest absolute Gasteiger partial charge is 0.320 e. The fraction of sp³-hybridized carbons (Fsp3) is 0.263. The number of carbonyl (C=O) groups excluding carboxylic acids is 1. The lowest BCUT2D eigenvalue weighted by atomic mass is 10.0. The quantitative estimate of drug-likeness (QED) is 0.691. The van der Waals surface area contributed by atoms with Crippen LogP contribution in [0.1, 0.15) is 28.8 Å². The molecule has 5 heteroatoms. The summed E-state index contributed by atoms with van der Waals surface area (Å²) >= 11 is 0. The van der Waals surface area contributed by atoms with E-state index in [1.54, 1.807) is 0 Å². The minimum Gasteiger partial charge on any atom is -0.494 e. The van der Waals surface area contributed by atoms with Crippen LogP contribution in [0.25, 0.3) is 0 Å². The fourth-order valence-corrected chi connectivity index (χ4v) is 2.21. The first-order chi connectivity index (χ1) is 11.6. The third-order valence-electron chi connectivity index (χ3n) is 3.67. The van der Waals surface area contributed by atoms with Crippen molar-refractivity contribution in [2.24, 2.45) is 5.73 Å². The number of carboxylic acid groups (broad SMARTS) is 1. The number of hydrogen-bond acceptors (Lipinski definition) is 4. The normalized spacial score (nSPS) is 11.7. The summed E-state index contributed by atoms with van der Waals surface area (Å²) in [4.78, 5) is 22.7. The average molecular weight is 327 g/mol. The zero-order chi connectivity index (χ0) is 17.4. The minimum absolute atomic E-state index is 0.124. The molecule has 0 saturated heterocycles. The van der Waals surface area contributed by atoms with Gasteiger partial charge in [-0.3, -0.25) is 9.59 Å². The standard InChI is InChI=1S/C19H21NO4/c20-17(19(22)23)12-13-24-16-9-6-14(7-10-16)8-11-18(21)15-4-2-1-3-5-15/h1-7,9-10,17H,8,11-13,20H2,(H,22,23). The Morgan fingerprint density at radius 3 is 2.33 bits per heavy atom. The predicted octanol–water partition coefficient (Wildman–Crippen LogP) is 2.68. The number of hydrogen-bond donors (Lipinski definition) is 2. The van der Waals surface area contributed by atoms with Crippen molar-refractivity contribution in [3.63, 3.8) is 0 Å². The van der Waals surface area contributed by atoms with Crippen molar-refractivity contribution >= 4 is 11.8 Å². The summed E-state index contributed by atoms with van der Waals surface area (Å²) in [6.07, 6.45) is 1.37. The van der Waals surface area contributed by atoms with Crippen molar-refractivity contribution in [1.82, 2.24) is 0 Å².